The number of thioether (sulfide) groups is 2. The SMILES string of the molecule is CCCCCC/C(=C\Sc1c(F)c(F)cc(F)c1F)Sc1c(F)c(F)cc(F)c1F. The summed E-state index contributed by atoms with van der Waals surface area (Å²) in [5.74, 6) is -12.9. The summed E-state index contributed by atoms with van der Waals surface area (Å²) < 4.78 is 109. The summed E-state index contributed by atoms with van der Waals surface area (Å²) in [5, 5.41) is 1.05. The summed E-state index contributed by atoms with van der Waals surface area (Å²) in [6, 6.07) is 0.119. The summed E-state index contributed by atoms with van der Waals surface area (Å²) in [6.07, 6.45) is 3.13. The molecule has 0 aliphatic rings. The minimum atomic E-state index is -1.63. The number of halogens is 8. The zero-order valence-electron chi connectivity index (χ0n) is 15.6. The Morgan fingerprint density at radius 3 is 1.63 bits per heavy atom. The van der Waals surface area contributed by atoms with E-state index in [-0.39, 0.29) is 35.2 Å². The van der Waals surface area contributed by atoms with Gasteiger partial charge in [0.1, 0.15) is 0 Å². The Morgan fingerprint density at radius 1 is 0.700 bits per heavy atom. The minimum Gasteiger partial charge on any atom is -0.204 e. The molecule has 2 aromatic rings. The molecule has 0 saturated heterocycles. The van der Waals surface area contributed by atoms with Crippen molar-refractivity contribution in [1.29, 1.82) is 0 Å². The van der Waals surface area contributed by atoms with Crippen molar-refractivity contribution in [3.8, 4) is 0 Å². The largest absolute Gasteiger partial charge is 0.204 e. The first-order valence-electron chi connectivity index (χ1n) is 8.86. The van der Waals surface area contributed by atoms with Crippen LogP contribution in [-0.4, -0.2) is 0 Å². The van der Waals surface area contributed by atoms with Crippen molar-refractivity contribution < 1.29 is 35.1 Å². The molecule has 0 aliphatic carbocycles. The van der Waals surface area contributed by atoms with Crippen LogP contribution >= 0.6 is 23.5 Å². The highest BCUT2D eigenvalue weighted by Gasteiger charge is 2.22. The molecule has 0 spiro atoms. The minimum absolute atomic E-state index is 0.0547. The average molecular weight is 472 g/mol. The van der Waals surface area contributed by atoms with Crippen molar-refractivity contribution in [3.05, 3.63) is 69.0 Å². The van der Waals surface area contributed by atoms with E-state index in [1.54, 1.807) is 0 Å². The molecule has 30 heavy (non-hydrogen) atoms. The fourth-order valence-electron chi connectivity index (χ4n) is 2.41. The van der Waals surface area contributed by atoms with E-state index in [2.05, 4.69) is 0 Å². The second kappa shape index (κ2) is 11.1. The van der Waals surface area contributed by atoms with Crippen LogP contribution in [0.4, 0.5) is 35.1 Å². The van der Waals surface area contributed by atoms with E-state index in [1.165, 1.54) is 0 Å². The van der Waals surface area contributed by atoms with Crippen LogP contribution in [0.25, 0.3) is 0 Å². The van der Waals surface area contributed by atoms with Crippen molar-refractivity contribution in [2.24, 2.45) is 0 Å². The van der Waals surface area contributed by atoms with Crippen LogP contribution < -0.4 is 0 Å². The van der Waals surface area contributed by atoms with E-state index in [1.807, 2.05) is 6.92 Å². The van der Waals surface area contributed by atoms with E-state index in [9.17, 15) is 35.1 Å². The number of unbranched alkanes of at least 4 members (excludes halogenated alkanes) is 3. The van der Waals surface area contributed by atoms with Gasteiger partial charge in [0.15, 0.2) is 46.5 Å². The lowest BCUT2D eigenvalue weighted by atomic mass is 10.1. The average Bonchev–Trinajstić information content (AvgIpc) is 2.70. The predicted molar refractivity (Wildman–Crippen MR) is 101 cm³/mol. The number of hydrogen-bond acceptors (Lipinski definition) is 2. The third-order valence-electron chi connectivity index (χ3n) is 3.96. The molecule has 0 saturated carbocycles. The Hall–Kier alpha value is -1.68. The molecule has 0 amide bonds. The molecule has 0 fully saturated rings. The summed E-state index contributed by atoms with van der Waals surface area (Å²) in [7, 11) is 0. The van der Waals surface area contributed by atoms with Gasteiger partial charge in [0, 0.05) is 12.1 Å². The van der Waals surface area contributed by atoms with E-state index < -0.39 is 56.3 Å². The van der Waals surface area contributed by atoms with Crippen LogP contribution in [-0.2, 0) is 0 Å². The highest BCUT2D eigenvalue weighted by Crippen LogP contribution is 2.39. The summed E-state index contributed by atoms with van der Waals surface area (Å²) in [4.78, 5) is -1.82. The second-order valence-electron chi connectivity index (χ2n) is 6.21. The molecular weight excluding hydrogens is 456 g/mol. The van der Waals surface area contributed by atoms with E-state index in [0.717, 1.165) is 24.7 Å². The van der Waals surface area contributed by atoms with Gasteiger partial charge in [0.25, 0.3) is 0 Å². The third kappa shape index (κ3) is 5.94. The highest BCUT2D eigenvalue weighted by atomic mass is 32.2. The molecule has 164 valence electrons. The molecule has 0 unspecified atom stereocenters. The van der Waals surface area contributed by atoms with Gasteiger partial charge in [-0.3, -0.25) is 0 Å². The third-order valence-corrected chi connectivity index (χ3v) is 6.25. The summed E-state index contributed by atoms with van der Waals surface area (Å²) >= 11 is 0.614. The molecule has 0 radical (unpaired) electrons. The van der Waals surface area contributed by atoms with Gasteiger partial charge in [-0.15, -0.1) is 0 Å². The van der Waals surface area contributed by atoms with Gasteiger partial charge in [-0.1, -0.05) is 49.7 Å². The second-order valence-corrected chi connectivity index (χ2v) is 8.23. The lowest BCUT2D eigenvalue weighted by molar-refractivity contribution is 0.426. The van der Waals surface area contributed by atoms with Gasteiger partial charge < -0.3 is 0 Å². The van der Waals surface area contributed by atoms with Gasteiger partial charge in [-0.05, 0) is 23.2 Å². The maximum Gasteiger partial charge on any atom is 0.175 e. The molecule has 2 aromatic carbocycles. The van der Waals surface area contributed by atoms with Crippen LogP contribution in [0, 0.1) is 46.5 Å². The highest BCUT2D eigenvalue weighted by molar-refractivity contribution is 8.06. The van der Waals surface area contributed by atoms with Crippen LogP contribution in [0.5, 0.6) is 0 Å². The molecule has 0 atom stereocenters. The van der Waals surface area contributed by atoms with Gasteiger partial charge in [0.05, 0.1) is 9.79 Å². The maximum atomic E-state index is 14.0. The summed E-state index contributed by atoms with van der Waals surface area (Å²) in [6.45, 7) is 1.95. The summed E-state index contributed by atoms with van der Waals surface area (Å²) in [5.41, 5.74) is 0. The molecule has 0 heterocycles. The Kier molecular flexibility index (Phi) is 9.09. The lowest BCUT2D eigenvalue weighted by Crippen LogP contribution is -1.98. The molecule has 2 rings (SSSR count). The fraction of sp³-hybridized carbons (Fsp3) is 0.300. The first-order valence-corrected chi connectivity index (χ1v) is 10.6. The normalized spacial score (nSPS) is 12.0. The monoisotopic (exact) mass is 472 g/mol. The zero-order valence-corrected chi connectivity index (χ0v) is 17.2. The van der Waals surface area contributed by atoms with Crippen molar-refractivity contribution in [1.82, 2.24) is 0 Å². The van der Waals surface area contributed by atoms with Crippen LogP contribution in [0.1, 0.15) is 39.0 Å². The smallest absolute Gasteiger partial charge is 0.175 e. The Bertz CT molecular complexity index is 891. The molecule has 0 N–H and O–H groups in total. The van der Waals surface area contributed by atoms with Crippen molar-refractivity contribution in [2.75, 3.05) is 0 Å². The molecule has 0 aliphatic heterocycles. The molecule has 0 nitrogen and oxygen atoms in total. The Balaban J connectivity index is 2.37. The fourth-order valence-corrected chi connectivity index (χ4v) is 4.40. The number of allylic oxidation sites excluding steroid dienone is 1. The maximum absolute atomic E-state index is 14.0. The van der Waals surface area contributed by atoms with Gasteiger partial charge in [0.2, 0.25) is 0 Å². The van der Waals surface area contributed by atoms with Gasteiger partial charge in [-0.25, -0.2) is 35.1 Å². The quantitative estimate of drug-likeness (QED) is 0.155. The first-order chi connectivity index (χ1) is 14.2. The van der Waals surface area contributed by atoms with E-state index in [4.69, 9.17) is 0 Å². The van der Waals surface area contributed by atoms with E-state index >= 15 is 0 Å². The standard InChI is InChI=1S/C20H16F8S2/c1-2-3-4-5-6-10(30-20-17(27)13(23)8-14(24)18(20)28)9-29-19-15(25)11(21)7-12(22)16(19)26/h7-9H,2-6H2,1H3/b10-9+. The van der Waals surface area contributed by atoms with Crippen LogP contribution in [0.15, 0.2) is 32.2 Å². The lowest BCUT2D eigenvalue weighted by Gasteiger charge is -2.11. The van der Waals surface area contributed by atoms with Crippen LogP contribution in [0.2, 0.25) is 0 Å². The molecule has 0 aromatic heterocycles. The number of benzene rings is 2. The van der Waals surface area contributed by atoms with Gasteiger partial charge in [-0.2, -0.15) is 0 Å². The van der Waals surface area contributed by atoms with Gasteiger partial charge >= 0.3 is 0 Å². The zero-order chi connectivity index (χ0) is 22.4. The van der Waals surface area contributed by atoms with Crippen molar-refractivity contribution >= 4 is 23.5 Å². The Labute approximate surface area is 176 Å². The van der Waals surface area contributed by atoms with Crippen LogP contribution in [0.3, 0.4) is 0 Å². The molecule has 10 heteroatoms. The molecular formula is C20H16F8S2. The first kappa shape index (κ1) is 24.6. The van der Waals surface area contributed by atoms with Crippen molar-refractivity contribution in [3.63, 3.8) is 0 Å². The number of rotatable bonds is 9. The van der Waals surface area contributed by atoms with Crippen molar-refractivity contribution in [2.45, 2.75) is 48.8 Å². The topological polar surface area (TPSA) is 0 Å². The van der Waals surface area contributed by atoms with E-state index in [0.29, 0.717) is 18.2 Å². The molecule has 0 bridgehead atoms. The predicted octanol–water partition coefficient (Wildman–Crippen LogP) is 8.50. The number of hydrogen-bond donors (Lipinski definition) is 0. The Morgan fingerprint density at radius 2 is 1.17 bits per heavy atom.